The van der Waals surface area contributed by atoms with Crippen molar-refractivity contribution in [1.82, 2.24) is 9.47 Å². The Labute approximate surface area is 167 Å². The molecule has 0 unspecified atom stereocenters. The van der Waals surface area contributed by atoms with Gasteiger partial charge in [0, 0.05) is 38.1 Å². The Bertz CT molecular complexity index is 942. The largest absolute Gasteiger partial charge is 0.416 e. The second-order valence-corrected chi connectivity index (χ2v) is 6.91. The second-order valence-electron chi connectivity index (χ2n) is 6.91. The monoisotopic (exact) mass is 402 g/mol. The highest BCUT2D eigenvalue weighted by Crippen LogP contribution is 2.29. The zero-order valence-electron chi connectivity index (χ0n) is 15.9. The maximum absolute atomic E-state index is 13.1. The van der Waals surface area contributed by atoms with Gasteiger partial charge in [0.2, 0.25) is 0 Å². The first-order chi connectivity index (χ1) is 13.8. The van der Waals surface area contributed by atoms with E-state index in [1.807, 2.05) is 23.2 Å². The van der Waals surface area contributed by atoms with Crippen LogP contribution in [0.5, 0.6) is 0 Å². The molecule has 3 aromatic rings. The molecule has 0 saturated carbocycles. The smallest absolute Gasteiger partial charge is 0.346 e. The van der Waals surface area contributed by atoms with Crippen molar-refractivity contribution >= 4 is 0 Å². The number of halogens is 4. The Kier molecular flexibility index (Phi) is 6.54. The Balaban J connectivity index is 1.74. The summed E-state index contributed by atoms with van der Waals surface area (Å²) >= 11 is 0. The molecule has 2 aromatic carbocycles. The van der Waals surface area contributed by atoms with E-state index < -0.39 is 11.7 Å². The molecule has 0 aliphatic carbocycles. The fraction of sp³-hybridized carbons (Fsp3) is 0.217. The molecule has 0 spiro atoms. The Morgan fingerprint density at radius 1 is 0.931 bits per heavy atom. The van der Waals surface area contributed by atoms with Crippen LogP contribution in [0.2, 0.25) is 0 Å². The van der Waals surface area contributed by atoms with Gasteiger partial charge in [0.1, 0.15) is 5.82 Å². The van der Waals surface area contributed by atoms with Gasteiger partial charge in [-0.3, -0.25) is 4.90 Å². The average Bonchev–Trinajstić information content (AvgIpc) is 3.10. The summed E-state index contributed by atoms with van der Waals surface area (Å²) in [7, 11) is 0. The predicted molar refractivity (Wildman–Crippen MR) is 106 cm³/mol. The third kappa shape index (κ3) is 5.81. The minimum absolute atomic E-state index is 0.278. The van der Waals surface area contributed by atoms with E-state index in [-0.39, 0.29) is 5.82 Å². The summed E-state index contributed by atoms with van der Waals surface area (Å²) < 4.78 is 54.1. The van der Waals surface area contributed by atoms with Crippen molar-refractivity contribution in [3.8, 4) is 0 Å². The maximum Gasteiger partial charge on any atom is 0.416 e. The summed E-state index contributed by atoms with van der Waals surface area (Å²) in [6.45, 7) is 5.82. The molecule has 1 aromatic heterocycles. The molecule has 29 heavy (non-hydrogen) atoms. The molecule has 6 heteroatoms. The van der Waals surface area contributed by atoms with Crippen molar-refractivity contribution < 1.29 is 17.6 Å². The zero-order chi connectivity index (χ0) is 20.9. The Morgan fingerprint density at radius 2 is 1.69 bits per heavy atom. The van der Waals surface area contributed by atoms with Gasteiger partial charge in [-0.15, -0.1) is 6.58 Å². The van der Waals surface area contributed by atoms with Crippen LogP contribution in [-0.4, -0.2) is 16.0 Å². The van der Waals surface area contributed by atoms with Crippen LogP contribution in [0.25, 0.3) is 0 Å². The summed E-state index contributed by atoms with van der Waals surface area (Å²) in [5.74, 6) is -0.278. The van der Waals surface area contributed by atoms with Crippen LogP contribution in [-0.2, 0) is 25.8 Å². The summed E-state index contributed by atoms with van der Waals surface area (Å²) in [5.41, 5.74) is 1.94. The minimum Gasteiger partial charge on any atom is -0.346 e. The molecule has 0 N–H and O–H groups in total. The Morgan fingerprint density at radius 3 is 2.38 bits per heavy atom. The summed E-state index contributed by atoms with van der Waals surface area (Å²) in [4.78, 5) is 2.03. The van der Waals surface area contributed by atoms with Gasteiger partial charge in [-0.1, -0.05) is 36.4 Å². The average molecular weight is 402 g/mol. The van der Waals surface area contributed by atoms with Gasteiger partial charge in [0.25, 0.3) is 0 Å². The fourth-order valence-corrected chi connectivity index (χ4v) is 3.23. The lowest BCUT2D eigenvalue weighted by Crippen LogP contribution is -2.24. The molecule has 0 atom stereocenters. The summed E-state index contributed by atoms with van der Waals surface area (Å²) in [6, 6.07) is 15.6. The number of alkyl halides is 3. The number of aromatic nitrogens is 1. The predicted octanol–water partition coefficient (Wildman–Crippen LogP) is 5.88. The number of hydrogen-bond acceptors (Lipinski definition) is 1. The lowest BCUT2D eigenvalue weighted by molar-refractivity contribution is -0.137. The van der Waals surface area contributed by atoms with E-state index in [1.54, 1.807) is 24.3 Å². The van der Waals surface area contributed by atoms with E-state index in [9.17, 15) is 17.6 Å². The van der Waals surface area contributed by atoms with E-state index in [0.29, 0.717) is 31.7 Å². The standard InChI is InChI=1S/C23H22F4N2/c1-2-12-28(15-19-5-3-6-20(14-19)23(25,26)27)17-22-7-4-13-29(22)16-18-8-10-21(24)11-9-18/h2-11,13-14H,1,12,15-17H2. The van der Waals surface area contributed by atoms with Crippen LogP contribution in [0.4, 0.5) is 17.6 Å². The molecule has 3 rings (SSSR count). The van der Waals surface area contributed by atoms with Crippen LogP contribution in [0, 0.1) is 5.82 Å². The topological polar surface area (TPSA) is 8.17 Å². The molecular formula is C23H22F4N2. The first kappa shape index (κ1) is 20.9. The second kappa shape index (κ2) is 9.09. The molecule has 2 nitrogen and oxygen atoms in total. The molecule has 0 bridgehead atoms. The first-order valence-electron chi connectivity index (χ1n) is 9.23. The molecule has 0 amide bonds. The number of hydrogen-bond donors (Lipinski definition) is 0. The fourth-order valence-electron chi connectivity index (χ4n) is 3.23. The molecule has 0 radical (unpaired) electrons. The van der Waals surface area contributed by atoms with Gasteiger partial charge in [0.05, 0.1) is 5.56 Å². The van der Waals surface area contributed by atoms with Gasteiger partial charge in [0.15, 0.2) is 0 Å². The van der Waals surface area contributed by atoms with Crippen LogP contribution in [0.15, 0.2) is 79.5 Å². The zero-order valence-corrected chi connectivity index (χ0v) is 15.9. The van der Waals surface area contributed by atoms with E-state index in [4.69, 9.17) is 0 Å². The van der Waals surface area contributed by atoms with Gasteiger partial charge in [-0.2, -0.15) is 13.2 Å². The summed E-state index contributed by atoms with van der Waals surface area (Å²) in [5, 5.41) is 0. The van der Waals surface area contributed by atoms with Gasteiger partial charge in [-0.25, -0.2) is 4.39 Å². The molecule has 0 aliphatic heterocycles. The molecule has 1 heterocycles. The molecule has 0 fully saturated rings. The minimum atomic E-state index is -4.36. The van der Waals surface area contributed by atoms with E-state index in [2.05, 4.69) is 11.1 Å². The van der Waals surface area contributed by atoms with E-state index in [0.717, 1.165) is 17.3 Å². The third-order valence-electron chi connectivity index (χ3n) is 4.62. The van der Waals surface area contributed by atoms with Crippen molar-refractivity contribution in [3.63, 3.8) is 0 Å². The van der Waals surface area contributed by atoms with Crippen molar-refractivity contribution in [2.75, 3.05) is 6.54 Å². The third-order valence-corrected chi connectivity index (χ3v) is 4.62. The van der Waals surface area contributed by atoms with Crippen molar-refractivity contribution in [1.29, 1.82) is 0 Å². The molecule has 0 aliphatic rings. The van der Waals surface area contributed by atoms with Crippen molar-refractivity contribution in [3.05, 3.63) is 108 Å². The van der Waals surface area contributed by atoms with Crippen LogP contribution >= 0.6 is 0 Å². The SMILES string of the molecule is C=CCN(Cc1cccc(C(F)(F)F)c1)Cc1cccn1Cc1ccc(F)cc1. The van der Waals surface area contributed by atoms with Crippen molar-refractivity contribution in [2.24, 2.45) is 0 Å². The van der Waals surface area contributed by atoms with Gasteiger partial charge in [-0.05, 0) is 41.5 Å². The molecule has 152 valence electrons. The van der Waals surface area contributed by atoms with Crippen molar-refractivity contribution in [2.45, 2.75) is 25.8 Å². The molecule has 0 saturated heterocycles. The quantitative estimate of drug-likeness (QED) is 0.337. The highest BCUT2D eigenvalue weighted by atomic mass is 19.4. The Hall–Kier alpha value is -2.86. The lowest BCUT2D eigenvalue weighted by Gasteiger charge is -2.22. The van der Waals surface area contributed by atoms with Gasteiger partial charge >= 0.3 is 6.18 Å². The highest BCUT2D eigenvalue weighted by Gasteiger charge is 2.30. The van der Waals surface area contributed by atoms with E-state index in [1.165, 1.54) is 24.3 Å². The first-order valence-corrected chi connectivity index (χ1v) is 9.23. The normalized spacial score (nSPS) is 11.8. The van der Waals surface area contributed by atoms with Crippen LogP contribution < -0.4 is 0 Å². The maximum atomic E-state index is 13.1. The van der Waals surface area contributed by atoms with Crippen LogP contribution in [0.1, 0.15) is 22.4 Å². The molecular weight excluding hydrogens is 380 g/mol. The van der Waals surface area contributed by atoms with E-state index >= 15 is 0 Å². The van der Waals surface area contributed by atoms with Gasteiger partial charge < -0.3 is 4.57 Å². The van der Waals surface area contributed by atoms with Crippen LogP contribution in [0.3, 0.4) is 0 Å². The highest BCUT2D eigenvalue weighted by molar-refractivity contribution is 5.26. The number of rotatable bonds is 8. The number of benzene rings is 2. The lowest BCUT2D eigenvalue weighted by atomic mass is 10.1. The number of nitrogens with zero attached hydrogens (tertiary/aromatic N) is 2. The summed E-state index contributed by atoms with van der Waals surface area (Å²) in [6.07, 6.45) is -0.681.